The second kappa shape index (κ2) is 3.51. The van der Waals surface area contributed by atoms with E-state index in [1.54, 1.807) is 0 Å². The molecule has 1 unspecified atom stereocenters. The van der Waals surface area contributed by atoms with E-state index in [1.807, 2.05) is 0 Å². The number of pyridine rings is 1. The Morgan fingerprint density at radius 3 is 2.92 bits per heavy atom. The summed E-state index contributed by atoms with van der Waals surface area (Å²) in [5.41, 5.74) is 5.64. The molecule has 0 aliphatic carbocycles. The van der Waals surface area contributed by atoms with E-state index in [1.165, 1.54) is 18.5 Å². The molecule has 0 radical (unpaired) electrons. The number of rotatable bonds is 2. The van der Waals surface area contributed by atoms with Gasteiger partial charge >= 0.3 is 5.97 Å². The van der Waals surface area contributed by atoms with Crippen molar-refractivity contribution in [3.8, 4) is 0 Å². The minimum absolute atomic E-state index is 0.319. The standard InChI is InChI=1S/C7H7ClN2O2/c8-5-1-2-10-3-4(5)6(9)7(11)12/h1-3,6H,9H2,(H,11,12). The Balaban J connectivity index is 3.02. The Bertz CT molecular complexity index is 303. The van der Waals surface area contributed by atoms with Gasteiger partial charge in [-0.15, -0.1) is 0 Å². The van der Waals surface area contributed by atoms with Crippen LogP contribution in [0.15, 0.2) is 18.5 Å². The summed E-state index contributed by atoms with van der Waals surface area (Å²) in [5.74, 6) is -1.12. The van der Waals surface area contributed by atoms with E-state index in [0.717, 1.165) is 0 Å². The fourth-order valence-corrected chi connectivity index (χ4v) is 0.974. The molecular formula is C7H7ClN2O2. The van der Waals surface area contributed by atoms with Gasteiger partial charge in [0.05, 0.1) is 0 Å². The Morgan fingerprint density at radius 1 is 1.75 bits per heavy atom. The van der Waals surface area contributed by atoms with Gasteiger partial charge in [-0.25, -0.2) is 0 Å². The zero-order valence-electron chi connectivity index (χ0n) is 6.07. The molecule has 1 atom stereocenters. The molecule has 5 heteroatoms. The molecule has 1 rings (SSSR count). The summed E-state index contributed by atoms with van der Waals surface area (Å²) >= 11 is 5.68. The van der Waals surface area contributed by atoms with Crippen LogP contribution in [0.25, 0.3) is 0 Å². The van der Waals surface area contributed by atoms with Crippen molar-refractivity contribution in [1.29, 1.82) is 0 Å². The fourth-order valence-electron chi connectivity index (χ4n) is 0.752. The van der Waals surface area contributed by atoms with E-state index in [0.29, 0.717) is 10.6 Å². The van der Waals surface area contributed by atoms with Gasteiger partial charge in [-0.05, 0) is 6.07 Å². The Hall–Kier alpha value is -1.13. The van der Waals surface area contributed by atoms with Crippen molar-refractivity contribution in [3.63, 3.8) is 0 Å². The van der Waals surface area contributed by atoms with E-state index in [-0.39, 0.29) is 0 Å². The molecule has 0 amide bonds. The van der Waals surface area contributed by atoms with Crippen molar-refractivity contribution >= 4 is 17.6 Å². The third-order valence-corrected chi connectivity index (χ3v) is 1.74. The predicted octanol–water partition coefficient (Wildman–Crippen LogP) is 0.819. The van der Waals surface area contributed by atoms with Gasteiger partial charge in [0.2, 0.25) is 0 Å². The van der Waals surface area contributed by atoms with Gasteiger partial charge in [-0.2, -0.15) is 0 Å². The first-order valence-electron chi connectivity index (χ1n) is 3.20. The first kappa shape index (κ1) is 8.96. The highest BCUT2D eigenvalue weighted by Gasteiger charge is 2.16. The average Bonchev–Trinajstić information content (AvgIpc) is 2.04. The third-order valence-electron chi connectivity index (χ3n) is 1.40. The number of hydrogen-bond donors (Lipinski definition) is 2. The van der Waals surface area contributed by atoms with Gasteiger partial charge in [-0.1, -0.05) is 11.6 Å². The van der Waals surface area contributed by atoms with Crippen LogP contribution < -0.4 is 5.73 Å². The van der Waals surface area contributed by atoms with E-state index >= 15 is 0 Å². The molecule has 12 heavy (non-hydrogen) atoms. The largest absolute Gasteiger partial charge is 0.480 e. The van der Waals surface area contributed by atoms with E-state index in [2.05, 4.69) is 4.98 Å². The van der Waals surface area contributed by atoms with Crippen LogP contribution in [0.3, 0.4) is 0 Å². The first-order valence-corrected chi connectivity index (χ1v) is 3.58. The highest BCUT2D eigenvalue weighted by Crippen LogP contribution is 2.19. The lowest BCUT2D eigenvalue weighted by Crippen LogP contribution is -2.21. The van der Waals surface area contributed by atoms with E-state index < -0.39 is 12.0 Å². The molecule has 0 saturated carbocycles. The van der Waals surface area contributed by atoms with Crippen LogP contribution in [-0.2, 0) is 4.79 Å². The molecule has 64 valence electrons. The summed E-state index contributed by atoms with van der Waals surface area (Å²) in [7, 11) is 0. The molecule has 0 bridgehead atoms. The topological polar surface area (TPSA) is 76.2 Å². The lowest BCUT2D eigenvalue weighted by molar-refractivity contribution is -0.138. The molecule has 1 aromatic heterocycles. The van der Waals surface area contributed by atoms with Crippen molar-refractivity contribution in [1.82, 2.24) is 4.98 Å². The maximum absolute atomic E-state index is 10.4. The van der Waals surface area contributed by atoms with Crippen LogP contribution in [0.4, 0.5) is 0 Å². The van der Waals surface area contributed by atoms with Gasteiger partial charge < -0.3 is 10.8 Å². The molecule has 3 N–H and O–H groups in total. The maximum atomic E-state index is 10.4. The van der Waals surface area contributed by atoms with Crippen molar-refractivity contribution in [2.75, 3.05) is 0 Å². The summed E-state index contributed by atoms with van der Waals surface area (Å²) in [6.07, 6.45) is 2.82. The lowest BCUT2D eigenvalue weighted by Gasteiger charge is -2.06. The van der Waals surface area contributed by atoms with Crippen LogP contribution in [0.1, 0.15) is 11.6 Å². The molecule has 0 saturated heterocycles. The number of carbonyl (C=O) groups is 1. The Morgan fingerprint density at radius 2 is 2.42 bits per heavy atom. The van der Waals surface area contributed by atoms with Crippen molar-refractivity contribution < 1.29 is 9.90 Å². The molecule has 0 aromatic carbocycles. The number of nitrogens with zero attached hydrogens (tertiary/aromatic N) is 1. The minimum Gasteiger partial charge on any atom is -0.480 e. The molecule has 0 aliphatic rings. The van der Waals surface area contributed by atoms with Crippen LogP contribution in [0.2, 0.25) is 5.02 Å². The smallest absolute Gasteiger partial charge is 0.325 e. The summed E-state index contributed by atoms with van der Waals surface area (Å²) in [6, 6.07) is 0.394. The third kappa shape index (κ3) is 1.72. The molecule has 1 heterocycles. The van der Waals surface area contributed by atoms with Crippen molar-refractivity contribution in [3.05, 3.63) is 29.0 Å². The molecule has 1 aromatic rings. The van der Waals surface area contributed by atoms with Crippen molar-refractivity contribution in [2.45, 2.75) is 6.04 Å². The lowest BCUT2D eigenvalue weighted by atomic mass is 10.1. The van der Waals surface area contributed by atoms with Crippen molar-refractivity contribution in [2.24, 2.45) is 5.73 Å². The van der Waals surface area contributed by atoms with E-state index in [4.69, 9.17) is 22.4 Å². The molecular weight excluding hydrogens is 180 g/mol. The van der Waals surface area contributed by atoms with Gasteiger partial charge in [0.15, 0.2) is 0 Å². The highest BCUT2D eigenvalue weighted by atomic mass is 35.5. The summed E-state index contributed by atoms with van der Waals surface area (Å²) in [5, 5.41) is 8.87. The van der Waals surface area contributed by atoms with Crippen LogP contribution in [0.5, 0.6) is 0 Å². The molecule has 4 nitrogen and oxygen atoms in total. The highest BCUT2D eigenvalue weighted by molar-refractivity contribution is 6.31. The number of halogens is 1. The number of aromatic nitrogens is 1. The average molecular weight is 187 g/mol. The van der Waals surface area contributed by atoms with E-state index in [9.17, 15) is 4.79 Å². The zero-order chi connectivity index (χ0) is 9.14. The summed E-state index contributed by atoms with van der Waals surface area (Å²) in [6.45, 7) is 0. The molecule has 0 aliphatic heterocycles. The number of nitrogens with two attached hydrogens (primary N) is 1. The van der Waals surface area contributed by atoms with Crippen LogP contribution in [0, 0.1) is 0 Å². The fraction of sp³-hybridized carbons (Fsp3) is 0.143. The van der Waals surface area contributed by atoms with Crippen LogP contribution in [-0.4, -0.2) is 16.1 Å². The first-order chi connectivity index (χ1) is 5.63. The number of carboxylic acids is 1. The molecule has 0 fully saturated rings. The normalized spacial score (nSPS) is 12.5. The van der Waals surface area contributed by atoms with Gasteiger partial charge in [0, 0.05) is 23.0 Å². The number of hydrogen-bond acceptors (Lipinski definition) is 3. The second-order valence-corrected chi connectivity index (χ2v) is 2.62. The number of carboxylic acid groups (broad SMARTS) is 1. The molecule has 0 spiro atoms. The van der Waals surface area contributed by atoms with Gasteiger partial charge in [-0.3, -0.25) is 9.78 Å². The van der Waals surface area contributed by atoms with Gasteiger partial charge in [0.1, 0.15) is 6.04 Å². The zero-order valence-corrected chi connectivity index (χ0v) is 6.82. The monoisotopic (exact) mass is 186 g/mol. The quantitative estimate of drug-likeness (QED) is 0.717. The second-order valence-electron chi connectivity index (χ2n) is 2.21. The Labute approximate surface area is 74.0 Å². The number of aliphatic carboxylic acids is 1. The maximum Gasteiger partial charge on any atom is 0.325 e. The summed E-state index contributed by atoms with van der Waals surface area (Å²) < 4.78 is 0. The summed E-state index contributed by atoms with van der Waals surface area (Å²) in [4.78, 5) is 14.2. The SMILES string of the molecule is NC(C(=O)O)c1cnccc1Cl. The predicted molar refractivity (Wildman–Crippen MR) is 43.8 cm³/mol. The Kier molecular flexibility index (Phi) is 2.62. The minimum atomic E-state index is -1.12. The van der Waals surface area contributed by atoms with Crippen LogP contribution >= 0.6 is 11.6 Å². The van der Waals surface area contributed by atoms with Gasteiger partial charge in [0.25, 0.3) is 0 Å².